The molecule has 3 rings (SSSR count). The number of aromatic amines is 1. The molecule has 8 heteroatoms. The number of nitriles is 1. The Labute approximate surface area is 180 Å². The summed E-state index contributed by atoms with van der Waals surface area (Å²) in [6.07, 6.45) is 1.70. The van der Waals surface area contributed by atoms with Gasteiger partial charge in [0.2, 0.25) is 0 Å². The van der Waals surface area contributed by atoms with Crippen molar-refractivity contribution in [2.45, 2.75) is 13.8 Å². The topological polar surface area (TPSA) is 106 Å². The molecule has 8 nitrogen and oxygen atoms in total. The van der Waals surface area contributed by atoms with E-state index >= 15 is 0 Å². The summed E-state index contributed by atoms with van der Waals surface area (Å²) in [5, 5.41) is 9.68. The number of H-pyrrole nitrogens is 1. The predicted molar refractivity (Wildman–Crippen MR) is 116 cm³/mol. The summed E-state index contributed by atoms with van der Waals surface area (Å²) in [5.41, 5.74) is 2.59. The molecule has 0 atom stereocenters. The zero-order valence-corrected chi connectivity index (χ0v) is 17.6. The van der Waals surface area contributed by atoms with E-state index in [-0.39, 0.29) is 13.2 Å². The van der Waals surface area contributed by atoms with Crippen LogP contribution < -0.4 is 14.2 Å². The minimum atomic E-state index is -0.456. The number of rotatable bonds is 9. The van der Waals surface area contributed by atoms with Gasteiger partial charge >= 0.3 is 5.97 Å². The highest BCUT2D eigenvalue weighted by Gasteiger charge is 2.12. The van der Waals surface area contributed by atoms with Gasteiger partial charge in [-0.3, -0.25) is 0 Å². The lowest BCUT2D eigenvalue weighted by atomic mass is 10.1. The number of methoxy groups -OCH3 is 1. The molecule has 0 amide bonds. The van der Waals surface area contributed by atoms with Gasteiger partial charge in [0.25, 0.3) is 0 Å². The van der Waals surface area contributed by atoms with Gasteiger partial charge in [-0.05, 0) is 49.8 Å². The van der Waals surface area contributed by atoms with Gasteiger partial charge in [-0.15, -0.1) is 0 Å². The number of imidazole rings is 1. The summed E-state index contributed by atoms with van der Waals surface area (Å²) in [4.78, 5) is 19.2. The molecular formula is C23H23N3O5. The van der Waals surface area contributed by atoms with Gasteiger partial charge in [0.1, 0.15) is 17.6 Å². The fourth-order valence-corrected chi connectivity index (χ4v) is 2.90. The number of ether oxygens (including phenoxy) is 4. The highest BCUT2D eigenvalue weighted by molar-refractivity contribution is 5.90. The van der Waals surface area contributed by atoms with Gasteiger partial charge in [-0.1, -0.05) is 6.07 Å². The number of nitrogens with one attached hydrogen (secondary N) is 1. The zero-order chi connectivity index (χ0) is 22.2. The maximum Gasteiger partial charge on any atom is 0.344 e. The van der Waals surface area contributed by atoms with Crippen LogP contribution in [0.25, 0.3) is 22.7 Å². The standard InChI is InChI=1S/C23H23N3O5/c1-4-29-21-11-15(6-9-20(21)31-14-22(27)30-5-2)10-16(13-24)23-25-18-8-7-17(28-3)12-19(18)26-23/h6-12H,4-5,14H2,1-3H3,(H,25,26). The van der Waals surface area contributed by atoms with E-state index in [1.165, 1.54) is 0 Å². The fourth-order valence-electron chi connectivity index (χ4n) is 2.90. The molecule has 2 aromatic carbocycles. The molecule has 0 spiro atoms. The van der Waals surface area contributed by atoms with Crippen LogP contribution in [0.2, 0.25) is 0 Å². The Kier molecular flexibility index (Phi) is 7.12. The van der Waals surface area contributed by atoms with Crippen molar-refractivity contribution in [1.82, 2.24) is 9.97 Å². The van der Waals surface area contributed by atoms with Gasteiger partial charge in [-0.25, -0.2) is 9.78 Å². The molecule has 160 valence electrons. The Morgan fingerprint density at radius 2 is 1.97 bits per heavy atom. The molecule has 0 fully saturated rings. The number of allylic oxidation sites excluding steroid dienone is 1. The Bertz CT molecular complexity index is 1140. The van der Waals surface area contributed by atoms with E-state index in [9.17, 15) is 10.1 Å². The summed E-state index contributed by atoms with van der Waals surface area (Å²) in [6.45, 7) is 4.07. The summed E-state index contributed by atoms with van der Waals surface area (Å²) in [7, 11) is 1.59. The van der Waals surface area contributed by atoms with Crippen LogP contribution >= 0.6 is 0 Å². The second-order valence-electron chi connectivity index (χ2n) is 6.37. The van der Waals surface area contributed by atoms with Crippen molar-refractivity contribution in [2.75, 3.05) is 26.9 Å². The quantitative estimate of drug-likeness (QED) is 0.411. The van der Waals surface area contributed by atoms with Crippen LogP contribution in [0, 0.1) is 11.3 Å². The van der Waals surface area contributed by atoms with E-state index in [0.717, 1.165) is 16.6 Å². The molecule has 0 aliphatic carbocycles. The normalized spacial score (nSPS) is 11.1. The summed E-state index contributed by atoms with van der Waals surface area (Å²) < 4.78 is 21.3. The van der Waals surface area contributed by atoms with Crippen molar-refractivity contribution in [1.29, 1.82) is 5.26 Å². The Balaban J connectivity index is 1.88. The summed E-state index contributed by atoms with van der Waals surface area (Å²) in [6, 6.07) is 12.8. The van der Waals surface area contributed by atoms with Crippen LogP contribution in [0.1, 0.15) is 25.2 Å². The average Bonchev–Trinajstić information content (AvgIpc) is 3.20. The molecule has 31 heavy (non-hydrogen) atoms. The first kappa shape index (κ1) is 21.7. The predicted octanol–water partition coefficient (Wildman–Crippen LogP) is 3.98. The first-order valence-electron chi connectivity index (χ1n) is 9.79. The SMILES string of the molecule is CCOC(=O)COc1ccc(C=C(C#N)c2nc3ccc(OC)cc3[nH]2)cc1OCC. The van der Waals surface area contributed by atoms with E-state index in [2.05, 4.69) is 16.0 Å². The lowest BCUT2D eigenvalue weighted by Gasteiger charge is -2.12. The average molecular weight is 421 g/mol. The summed E-state index contributed by atoms with van der Waals surface area (Å²) >= 11 is 0. The van der Waals surface area contributed by atoms with E-state index in [1.807, 2.05) is 25.1 Å². The number of benzene rings is 2. The van der Waals surface area contributed by atoms with Gasteiger partial charge in [0.05, 0.1) is 36.9 Å². The number of esters is 1. The van der Waals surface area contributed by atoms with Crippen molar-refractivity contribution < 1.29 is 23.7 Å². The Morgan fingerprint density at radius 3 is 2.68 bits per heavy atom. The van der Waals surface area contributed by atoms with Crippen molar-refractivity contribution in [3.05, 3.63) is 47.8 Å². The molecule has 0 aliphatic heterocycles. The van der Waals surface area contributed by atoms with Crippen LogP contribution in [0.15, 0.2) is 36.4 Å². The van der Waals surface area contributed by atoms with Crippen LogP contribution in [-0.4, -0.2) is 42.9 Å². The number of carbonyl (C=O) groups excluding carboxylic acids is 1. The second-order valence-corrected chi connectivity index (χ2v) is 6.37. The lowest BCUT2D eigenvalue weighted by molar-refractivity contribution is -0.145. The van der Waals surface area contributed by atoms with E-state index < -0.39 is 5.97 Å². The minimum Gasteiger partial charge on any atom is -0.497 e. The molecule has 0 radical (unpaired) electrons. The molecule has 0 saturated heterocycles. The van der Waals surface area contributed by atoms with Crippen LogP contribution in [0.5, 0.6) is 17.2 Å². The summed E-state index contributed by atoms with van der Waals surface area (Å²) in [5.74, 6) is 1.58. The highest BCUT2D eigenvalue weighted by atomic mass is 16.6. The van der Waals surface area contributed by atoms with Gasteiger partial charge in [0, 0.05) is 6.07 Å². The number of carbonyl (C=O) groups is 1. The Hall–Kier alpha value is -3.99. The molecule has 1 N–H and O–H groups in total. The third-order valence-corrected chi connectivity index (χ3v) is 4.29. The van der Waals surface area contributed by atoms with Crippen molar-refractivity contribution in [3.8, 4) is 23.3 Å². The van der Waals surface area contributed by atoms with E-state index in [4.69, 9.17) is 18.9 Å². The van der Waals surface area contributed by atoms with Gasteiger partial charge in [0.15, 0.2) is 18.1 Å². The first-order valence-corrected chi connectivity index (χ1v) is 9.79. The van der Waals surface area contributed by atoms with Crippen molar-refractivity contribution >= 4 is 28.7 Å². The fraction of sp³-hybridized carbons (Fsp3) is 0.261. The third kappa shape index (κ3) is 5.34. The van der Waals surface area contributed by atoms with Crippen molar-refractivity contribution in [2.24, 2.45) is 0 Å². The molecular weight excluding hydrogens is 398 g/mol. The Morgan fingerprint density at radius 1 is 1.13 bits per heavy atom. The van der Waals surface area contributed by atoms with Crippen LogP contribution in [-0.2, 0) is 9.53 Å². The maximum absolute atomic E-state index is 11.6. The monoisotopic (exact) mass is 421 g/mol. The molecule has 1 aromatic heterocycles. The molecule has 3 aromatic rings. The highest BCUT2D eigenvalue weighted by Crippen LogP contribution is 2.30. The number of hydrogen-bond donors (Lipinski definition) is 1. The van der Waals surface area contributed by atoms with E-state index in [0.29, 0.717) is 35.3 Å². The van der Waals surface area contributed by atoms with E-state index in [1.54, 1.807) is 38.3 Å². The smallest absolute Gasteiger partial charge is 0.344 e. The van der Waals surface area contributed by atoms with Crippen molar-refractivity contribution in [3.63, 3.8) is 0 Å². The second kappa shape index (κ2) is 10.2. The van der Waals surface area contributed by atoms with Gasteiger partial charge < -0.3 is 23.9 Å². The van der Waals surface area contributed by atoms with Gasteiger partial charge in [-0.2, -0.15) is 5.26 Å². The maximum atomic E-state index is 11.6. The molecule has 1 heterocycles. The minimum absolute atomic E-state index is 0.213. The lowest BCUT2D eigenvalue weighted by Crippen LogP contribution is -2.15. The first-order chi connectivity index (χ1) is 15.1. The van der Waals surface area contributed by atoms with Crippen LogP contribution in [0.3, 0.4) is 0 Å². The third-order valence-electron chi connectivity index (χ3n) is 4.29. The molecule has 0 saturated carbocycles. The largest absolute Gasteiger partial charge is 0.497 e. The number of nitrogens with zero attached hydrogens (tertiary/aromatic N) is 2. The number of hydrogen-bond acceptors (Lipinski definition) is 7. The van der Waals surface area contributed by atoms with Crippen LogP contribution in [0.4, 0.5) is 0 Å². The molecule has 0 aliphatic rings. The molecule has 0 bridgehead atoms. The zero-order valence-electron chi connectivity index (χ0n) is 17.6. The number of fused-ring (bicyclic) bond motifs is 1. The molecule has 0 unspecified atom stereocenters. The number of aromatic nitrogens is 2.